The fourth-order valence-corrected chi connectivity index (χ4v) is 3.26. The van der Waals surface area contributed by atoms with Crippen LogP contribution in [0.15, 0.2) is 28.7 Å². The summed E-state index contributed by atoms with van der Waals surface area (Å²) in [6.45, 7) is 6.44. The Morgan fingerprint density at radius 1 is 1.14 bits per heavy atom. The van der Waals surface area contributed by atoms with E-state index in [9.17, 15) is 0 Å². The minimum Gasteiger partial charge on any atom is -0.395 e. The highest BCUT2D eigenvalue weighted by atomic mass is 79.9. The number of aliphatic hydroxyl groups excluding tert-OH is 1. The summed E-state index contributed by atoms with van der Waals surface area (Å²) in [5.74, 6) is 0. The lowest BCUT2D eigenvalue weighted by molar-refractivity contribution is 0.196. The summed E-state index contributed by atoms with van der Waals surface area (Å²) in [5.41, 5.74) is 7.50. The third-order valence-electron chi connectivity index (χ3n) is 4.13. The van der Waals surface area contributed by atoms with Crippen molar-refractivity contribution in [1.29, 1.82) is 0 Å². The molecule has 0 aliphatic carbocycles. The smallest absolute Gasteiger partial charge is 0.0558 e. The topological polar surface area (TPSA) is 52.7 Å². The number of nitrogens with two attached hydrogens (primary N) is 1. The van der Waals surface area contributed by atoms with Gasteiger partial charge in [0.25, 0.3) is 0 Å². The van der Waals surface area contributed by atoms with Crippen LogP contribution < -0.4 is 5.73 Å². The molecule has 1 fully saturated rings. The first-order valence-electron chi connectivity index (χ1n) is 7.75. The van der Waals surface area contributed by atoms with E-state index in [0.29, 0.717) is 0 Å². The van der Waals surface area contributed by atoms with E-state index in [0.717, 1.165) is 50.2 Å². The molecular weight excluding hydrogens is 330 g/mol. The molecule has 1 unspecified atom stereocenters. The maximum atomic E-state index is 9.03. The first-order chi connectivity index (χ1) is 10.2. The van der Waals surface area contributed by atoms with Gasteiger partial charge in [-0.05, 0) is 50.2 Å². The van der Waals surface area contributed by atoms with Crippen LogP contribution in [-0.4, -0.2) is 60.8 Å². The van der Waals surface area contributed by atoms with Gasteiger partial charge in [0, 0.05) is 30.1 Å². The number of β-amino-alcohol motifs (C(OH)–C–C–N with tert-alkyl or cyclic N) is 1. The molecule has 1 aliphatic rings. The van der Waals surface area contributed by atoms with Gasteiger partial charge < -0.3 is 15.7 Å². The van der Waals surface area contributed by atoms with Gasteiger partial charge in [0.1, 0.15) is 0 Å². The molecule has 0 aromatic heterocycles. The number of aliphatic hydroxyl groups is 1. The van der Waals surface area contributed by atoms with E-state index in [1.54, 1.807) is 0 Å². The van der Waals surface area contributed by atoms with Gasteiger partial charge in [-0.15, -0.1) is 0 Å². The molecule has 1 aliphatic heterocycles. The molecule has 1 saturated heterocycles. The lowest BCUT2D eigenvalue weighted by Crippen LogP contribution is -2.33. The van der Waals surface area contributed by atoms with Gasteiger partial charge in [-0.1, -0.05) is 28.1 Å². The third-order valence-corrected chi connectivity index (χ3v) is 4.62. The van der Waals surface area contributed by atoms with Gasteiger partial charge in [0.05, 0.1) is 6.61 Å². The number of hydrogen-bond acceptors (Lipinski definition) is 4. The van der Waals surface area contributed by atoms with Crippen molar-refractivity contribution >= 4 is 15.9 Å². The molecule has 21 heavy (non-hydrogen) atoms. The summed E-state index contributed by atoms with van der Waals surface area (Å²) in [6, 6.07) is 8.37. The minimum absolute atomic E-state index is 0.0966. The van der Waals surface area contributed by atoms with Gasteiger partial charge in [-0.25, -0.2) is 0 Å². The number of benzene rings is 1. The van der Waals surface area contributed by atoms with Crippen molar-refractivity contribution in [1.82, 2.24) is 9.80 Å². The van der Waals surface area contributed by atoms with Gasteiger partial charge in [0.2, 0.25) is 0 Å². The molecule has 4 nitrogen and oxygen atoms in total. The molecule has 0 amide bonds. The molecule has 2 rings (SSSR count). The Bertz CT molecular complexity index is 430. The second-order valence-electron chi connectivity index (χ2n) is 5.71. The number of hydrogen-bond donors (Lipinski definition) is 2. The Morgan fingerprint density at radius 3 is 2.52 bits per heavy atom. The van der Waals surface area contributed by atoms with Crippen LogP contribution in [0.1, 0.15) is 24.4 Å². The quantitative estimate of drug-likeness (QED) is 0.817. The second kappa shape index (κ2) is 8.86. The standard InChI is InChI=1S/C16H26BrN3O/c17-15-4-1-3-14(13-15)16(18)5-8-19-6-2-7-20(10-9-19)11-12-21/h1,3-4,13,16,21H,2,5-12,18H2. The van der Waals surface area contributed by atoms with Gasteiger partial charge in [0.15, 0.2) is 0 Å². The van der Waals surface area contributed by atoms with Gasteiger partial charge in [-0.2, -0.15) is 0 Å². The first kappa shape index (κ1) is 16.9. The molecule has 3 N–H and O–H groups in total. The summed E-state index contributed by atoms with van der Waals surface area (Å²) >= 11 is 3.50. The molecule has 0 spiro atoms. The Hall–Kier alpha value is -0.460. The minimum atomic E-state index is 0.0966. The zero-order chi connectivity index (χ0) is 15.1. The van der Waals surface area contributed by atoms with Crippen molar-refractivity contribution in [2.75, 3.05) is 45.9 Å². The van der Waals surface area contributed by atoms with Crippen LogP contribution in [0.5, 0.6) is 0 Å². The lowest BCUT2D eigenvalue weighted by atomic mass is 10.0. The molecule has 0 bridgehead atoms. The Morgan fingerprint density at radius 2 is 1.86 bits per heavy atom. The number of nitrogens with zero attached hydrogens (tertiary/aromatic N) is 2. The predicted molar refractivity (Wildman–Crippen MR) is 90.3 cm³/mol. The largest absolute Gasteiger partial charge is 0.395 e. The van der Waals surface area contributed by atoms with Crippen LogP contribution in [0.2, 0.25) is 0 Å². The van der Waals surface area contributed by atoms with Crippen molar-refractivity contribution in [3.05, 3.63) is 34.3 Å². The lowest BCUT2D eigenvalue weighted by Gasteiger charge is -2.23. The molecule has 118 valence electrons. The molecule has 1 atom stereocenters. The van der Waals surface area contributed by atoms with Crippen molar-refractivity contribution in [3.63, 3.8) is 0 Å². The Labute approximate surface area is 136 Å². The summed E-state index contributed by atoms with van der Waals surface area (Å²) in [4.78, 5) is 4.84. The van der Waals surface area contributed by atoms with Crippen molar-refractivity contribution < 1.29 is 5.11 Å². The van der Waals surface area contributed by atoms with Gasteiger partial charge >= 0.3 is 0 Å². The molecular formula is C16H26BrN3O. The van der Waals surface area contributed by atoms with Crippen molar-refractivity contribution in [2.24, 2.45) is 5.73 Å². The second-order valence-corrected chi connectivity index (χ2v) is 6.63. The summed E-state index contributed by atoms with van der Waals surface area (Å²) in [6.07, 6.45) is 2.16. The summed E-state index contributed by atoms with van der Waals surface area (Å²) < 4.78 is 1.09. The van der Waals surface area contributed by atoms with Gasteiger partial charge in [-0.3, -0.25) is 4.90 Å². The highest BCUT2D eigenvalue weighted by Crippen LogP contribution is 2.19. The Balaban J connectivity index is 1.77. The molecule has 1 aromatic rings. The van der Waals surface area contributed by atoms with Crippen LogP contribution in [0.4, 0.5) is 0 Å². The highest BCUT2D eigenvalue weighted by molar-refractivity contribution is 9.10. The van der Waals surface area contributed by atoms with E-state index in [-0.39, 0.29) is 12.6 Å². The molecule has 0 saturated carbocycles. The average Bonchev–Trinajstić information content (AvgIpc) is 2.71. The SMILES string of the molecule is NC(CCN1CCCN(CCO)CC1)c1cccc(Br)c1. The molecule has 5 heteroatoms. The van der Waals surface area contributed by atoms with E-state index >= 15 is 0 Å². The van der Waals surface area contributed by atoms with Crippen molar-refractivity contribution in [2.45, 2.75) is 18.9 Å². The monoisotopic (exact) mass is 355 g/mol. The van der Waals surface area contributed by atoms with Crippen LogP contribution in [0, 0.1) is 0 Å². The number of rotatable bonds is 6. The zero-order valence-corrected chi connectivity index (χ0v) is 14.1. The normalized spacial score (nSPS) is 19.4. The first-order valence-corrected chi connectivity index (χ1v) is 8.55. The third kappa shape index (κ3) is 5.68. The average molecular weight is 356 g/mol. The van der Waals surface area contributed by atoms with E-state index in [4.69, 9.17) is 10.8 Å². The summed E-state index contributed by atoms with van der Waals surface area (Å²) in [5, 5.41) is 9.03. The maximum Gasteiger partial charge on any atom is 0.0558 e. The highest BCUT2D eigenvalue weighted by Gasteiger charge is 2.15. The zero-order valence-electron chi connectivity index (χ0n) is 12.5. The number of halogens is 1. The maximum absolute atomic E-state index is 9.03. The van der Waals surface area contributed by atoms with Crippen LogP contribution in [0.25, 0.3) is 0 Å². The predicted octanol–water partition coefficient (Wildman–Crippen LogP) is 1.84. The van der Waals surface area contributed by atoms with Crippen LogP contribution >= 0.6 is 15.9 Å². The molecule has 0 radical (unpaired) electrons. The fraction of sp³-hybridized carbons (Fsp3) is 0.625. The Kier molecular flexibility index (Phi) is 7.13. The van der Waals surface area contributed by atoms with Crippen LogP contribution in [0.3, 0.4) is 0 Å². The van der Waals surface area contributed by atoms with Crippen LogP contribution in [-0.2, 0) is 0 Å². The molecule has 1 heterocycles. The fourth-order valence-electron chi connectivity index (χ4n) is 2.84. The molecule has 1 aromatic carbocycles. The van der Waals surface area contributed by atoms with E-state index < -0.39 is 0 Å². The van der Waals surface area contributed by atoms with E-state index in [1.165, 1.54) is 12.0 Å². The van der Waals surface area contributed by atoms with E-state index in [1.807, 2.05) is 12.1 Å². The van der Waals surface area contributed by atoms with E-state index in [2.05, 4.69) is 37.9 Å². The summed E-state index contributed by atoms with van der Waals surface area (Å²) in [7, 11) is 0. The van der Waals surface area contributed by atoms with Crippen molar-refractivity contribution in [3.8, 4) is 0 Å².